The first-order chi connectivity index (χ1) is 27.9. The van der Waals surface area contributed by atoms with Crippen LogP contribution in [0.4, 0.5) is 0 Å². The molecule has 1 fully saturated rings. The van der Waals surface area contributed by atoms with Crippen LogP contribution in [0, 0.1) is 0 Å². The van der Waals surface area contributed by atoms with Crippen molar-refractivity contribution in [2.75, 3.05) is 13.2 Å². The van der Waals surface area contributed by atoms with E-state index in [2.05, 4.69) is 26.0 Å². The van der Waals surface area contributed by atoms with Gasteiger partial charge in [-0.05, 0) is 38.5 Å². The lowest BCUT2D eigenvalue weighted by atomic mass is 9.85. The number of phosphoric acid groups is 1. The first kappa shape index (κ1) is 54.6. The van der Waals surface area contributed by atoms with Gasteiger partial charge in [-0.1, -0.05) is 161 Å². The van der Waals surface area contributed by atoms with E-state index >= 15 is 0 Å². The number of carbonyl (C=O) groups excluding carboxylic acids is 2. The average molecular weight is 851 g/mol. The summed E-state index contributed by atoms with van der Waals surface area (Å²) in [5.41, 5.74) is 0. The van der Waals surface area contributed by atoms with Gasteiger partial charge in [0.2, 0.25) is 0 Å². The second kappa shape index (κ2) is 35.2. The fourth-order valence-corrected chi connectivity index (χ4v) is 8.08. The molecule has 6 unspecified atom stereocenters. The lowest BCUT2D eigenvalue weighted by molar-refractivity contribution is -0.220. The van der Waals surface area contributed by atoms with Gasteiger partial charge in [-0.15, -0.1) is 0 Å². The molecule has 58 heavy (non-hydrogen) atoms. The molecule has 6 atom stereocenters. The van der Waals surface area contributed by atoms with Crippen LogP contribution < -0.4 is 0 Å². The van der Waals surface area contributed by atoms with Crippen LogP contribution >= 0.6 is 7.82 Å². The molecule has 0 radical (unpaired) electrons. The molecule has 0 spiro atoms. The zero-order valence-electron chi connectivity index (χ0n) is 36.1. The van der Waals surface area contributed by atoms with Crippen molar-refractivity contribution in [3.8, 4) is 0 Å². The van der Waals surface area contributed by atoms with Gasteiger partial charge < -0.3 is 39.9 Å². The molecular formula is C44H83O13P. The van der Waals surface area contributed by atoms with E-state index in [0.717, 1.165) is 57.8 Å². The standard InChI is InChI=1S/C44H83O13P/c1-3-5-7-9-11-13-15-17-18-19-20-21-23-24-26-28-30-32-37(45)54-34-36(56-38(46)33-31-29-27-25-22-16-14-12-10-8-6-4-2)35-55-58(52,53)57-44-42(50)40(48)39(47)41(49)43(44)51/h12,14,36,39-44,47-51H,3-11,13,15-35H2,1-2H3,(H,52,53)/b14-12-. The summed E-state index contributed by atoms with van der Waals surface area (Å²) in [6, 6.07) is 0. The van der Waals surface area contributed by atoms with Gasteiger partial charge in [0.25, 0.3) is 0 Å². The maximum absolute atomic E-state index is 12.8. The third-order valence-corrected chi connectivity index (χ3v) is 11.8. The number of esters is 2. The molecule has 0 aliphatic heterocycles. The number of carbonyl (C=O) groups is 2. The molecule has 13 nitrogen and oxygen atoms in total. The van der Waals surface area contributed by atoms with Crippen LogP contribution in [0.3, 0.4) is 0 Å². The maximum Gasteiger partial charge on any atom is 0.472 e. The lowest BCUT2D eigenvalue weighted by Crippen LogP contribution is -2.64. The minimum Gasteiger partial charge on any atom is -0.462 e. The molecule has 1 aliphatic rings. The van der Waals surface area contributed by atoms with E-state index in [1.54, 1.807) is 0 Å². The van der Waals surface area contributed by atoms with E-state index in [4.69, 9.17) is 18.5 Å². The highest BCUT2D eigenvalue weighted by Crippen LogP contribution is 2.47. The van der Waals surface area contributed by atoms with Gasteiger partial charge in [-0.3, -0.25) is 18.6 Å². The van der Waals surface area contributed by atoms with E-state index in [1.165, 1.54) is 103 Å². The number of unbranched alkanes of at least 4 members (excludes halogenated alkanes) is 24. The van der Waals surface area contributed by atoms with Crippen molar-refractivity contribution in [2.24, 2.45) is 0 Å². The number of allylic oxidation sites excluding steroid dienone is 2. The Morgan fingerprint density at radius 1 is 0.517 bits per heavy atom. The van der Waals surface area contributed by atoms with Crippen LogP contribution in [-0.2, 0) is 32.7 Å². The monoisotopic (exact) mass is 851 g/mol. The summed E-state index contributed by atoms with van der Waals surface area (Å²) >= 11 is 0. The molecule has 0 amide bonds. The molecule has 0 saturated heterocycles. The zero-order chi connectivity index (χ0) is 42.9. The van der Waals surface area contributed by atoms with E-state index in [-0.39, 0.29) is 12.8 Å². The summed E-state index contributed by atoms with van der Waals surface area (Å²) in [4.78, 5) is 35.6. The number of rotatable bonds is 38. The molecule has 0 aromatic heterocycles. The molecule has 1 saturated carbocycles. The summed E-state index contributed by atoms with van der Waals surface area (Å²) < 4.78 is 33.5. The van der Waals surface area contributed by atoms with E-state index in [1.807, 2.05) is 0 Å². The van der Waals surface area contributed by atoms with Gasteiger partial charge in [0, 0.05) is 12.8 Å². The highest BCUT2D eigenvalue weighted by molar-refractivity contribution is 7.47. The van der Waals surface area contributed by atoms with E-state index in [0.29, 0.717) is 12.8 Å². The lowest BCUT2D eigenvalue weighted by Gasteiger charge is -2.41. The predicted octanol–water partition coefficient (Wildman–Crippen LogP) is 8.67. The van der Waals surface area contributed by atoms with E-state index < -0.39 is 75.7 Å². The average Bonchev–Trinajstić information content (AvgIpc) is 3.20. The maximum atomic E-state index is 12.8. The Morgan fingerprint density at radius 3 is 1.34 bits per heavy atom. The third kappa shape index (κ3) is 27.4. The van der Waals surface area contributed by atoms with Crippen molar-refractivity contribution in [2.45, 2.75) is 243 Å². The molecule has 6 N–H and O–H groups in total. The predicted molar refractivity (Wildman–Crippen MR) is 226 cm³/mol. The summed E-state index contributed by atoms with van der Waals surface area (Å²) in [7, 11) is -5.11. The minimum atomic E-state index is -5.11. The normalized spacial score (nSPS) is 22.6. The van der Waals surface area contributed by atoms with Gasteiger partial charge in [-0.25, -0.2) is 4.57 Å². The fraction of sp³-hybridized carbons (Fsp3) is 0.909. The Morgan fingerprint density at radius 2 is 0.879 bits per heavy atom. The van der Waals surface area contributed by atoms with Crippen LogP contribution in [-0.4, -0.2) is 98.3 Å². The Bertz CT molecular complexity index is 1080. The van der Waals surface area contributed by atoms with Gasteiger partial charge in [0.15, 0.2) is 6.10 Å². The molecule has 0 bridgehead atoms. The summed E-state index contributed by atoms with van der Waals surface area (Å²) in [5.74, 6) is -1.10. The molecule has 0 aromatic rings. The third-order valence-electron chi connectivity index (χ3n) is 10.9. The quantitative estimate of drug-likeness (QED) is 0.0149. The first-order valence-corrected chi connectivity index (χ1v) is 24.5. The molecule has 342 valence electrons. The summed E-state index contributed by atoms with van der Waals surface area (Å²) in [5, 5.41) is 50.1. The SMILES string of the molecule is CCCCC/C=C\CCCCCCCC(=O)OC(COC(=O)CCCCCCCCCCCCCCCCCCC)COP(=O)(O)OC1C(O)C(O)C(O)C(O)C1O. The van der Waals surface area contributed by atoms with Gasteiger partial charge in [-0.2, -0.15) is 0 Å². The number of hydrogen-bond donors (Lipinski definition) is 6. The van der Waals surface area contributed by atoms with Crippen molar-refractivity contribution in [3.05, 3.63) is 12.2 Å². The summed E-state index contributed by atoms with van der Waals surface area (Å²) in [6.45, 7) is 3.27. The zero-order valence-corrected chi connectivity index (χ0v) is 37.0. The second-order valence-corrected chi connectivity index (χ2v) is 17.7. The van der Waals surface area contributed by atoms with Crippen LogP contribution in [0.15, 0.2) is 12.2 Å². The highest BCUT2D eigenvalue weighted by atomic mass is 31.2. The van der Waals surface area contributed by atoms with Gasteiger partial charge in [0.1, 0.15) is 43.2 Å². The van der Waals surface area contributed by atoms with Crippen LogP contribution in [0.2, 0.25) is 0 Å². The van der Waals surface area contributed by atoms with Crippen molar-refractivity contribution in [3.63, 3.8) is 0 Å². The number of aliphatic hydroxyl groups is 5. The Balaban J connectivity index is 2.43. The molecule has 1 rings (SSSR count). The number of ether oxygens (including phenoxy) is 2. The molecule has 1 aliphatic carbocycles. The van der Waals surface area contributed by atoms with Gasteiger partial charge >= 0.3 is 19.8 Å². The van der Waals surface area contributed by atoms with Crippen molar-refractivity contribution in [1.29, 1.82) is 0 Å². The second-order valence-electron chi connectivity index (χ2n) is 16.3. The van der Waals surface area contributed by atoms with Crippen LogP contribution in [0.1, 0.15) is 200 Å². The minimum absolute atomic E-state index is 0.0902. The molecule has 0 aromatic carbocycles. The number of hydrogen-bond acceptors (Lipinski definition) is 12. The highest BCUT2D eigenvalue weighted by Gasteiger charge is 2.51. The Labute approximate surface area is 350 Å². The van der Waals surface area contributed by atoms with Crippen LogP contribution in [0.5, 0.6) is 0 Å². The topological polar surface area (TPSA) is 210 Å². The van der Waals surface area contributed by atoms with Crippen molar-refractivity contribution >= 4 is 19.8 Å². The number of aliphatic hydroxyl groups excluding tert-OH is 5. The van der Waals surface area contributed by atoms with Crippen molar-refractivity contribution in [1.82, 2.24) is 0 Å². The Hall–Kier alpha value is -1.41. The molecule has 0 heterocycles. The van der Waals surface area contributed by atoms with Crippen LogP contribution in [0.25, 0.3) is 0 Å². The fourth-order valence-electron chi connectivity index (χ4n) is 7.11. The molecule has 14 heteroatoms. The smallest absolute Gasteiger partial charge is 0.462 e. The largest absolute Gasteiger partial charge is 0.472 e. The molecular weight excluding hydrogens is 767 g/mol. The number of phosphoric ester groups is 1. The first-order valence-electron chi connectivity index (χ1n) is 23.0. The van der Waals surface area contributed by atoms with E-state index in [9.17, 15) is 44.6 Å². The van der Waals surface area contributed by atoms with Crippen molar-refractivity contribution < 1.29 is 63.1 Å². The van der Waals surface area contributed by atoms with Gasteiger partial charge in [0.05, 0.1) is 6.61 Å². The Kier molecular flexibility index (Phi) is 33.2. The summed E-state index contributed by atoms with van der Waals surface area (Å²) in [6.07, 6.45) is 22.7.